The molecule has 0 bridgehead atoms. The average Bonchev–Trinajstić information content (AvgIpc) is 2.46. The molecule has 0 fully saturated rings. The van der Waals surface area contributed by atoms with Crippen LogP contribution in [0.15, 0.2) is 36.5 Å². The van der Waals surface area contributed by atoms with Crippen LogP contribution in [-0.4, -0.2) is 16.1 Å². The van der Waals surface area contributed by atoms with Crippen molar-refractivity contribution in [3.05, 3.63) is 53.3 Å². The SMILES string of the molecule is CCc1ccc(CC)c(-c2ccc(C(=O)O)nc2)c1. The summed E-state index contributed by atoms with van der Waals surface area (Å²) in [5, 5.41) is 8.87. The van der Waals surface area contributed by atoms with E-state index in [9.17, 15) is 4.79 Å². The van der Waals surface area contributed by atoms with Crippen LogP contribution >= 0.6 is 0 Å². The van der Waals surface area contributed by atoms with Crippen molar-refractivity contribution in [1.82, 2.24) is 4.98 Å². The summed E-state index contributed by atoms with van der Waals surface area (Å²) in [5.74, 6) is -0.996. The van der Waals surface area contributed by atoms with Gasteiger partial charge in [0.1, 0.15) is 5.69 Å². The lowest BCUT2D eigenvalue weighted by molar-refractivity contribution is 0.0690. The van der Waals surface area contributed by atoms with E-state index in [1.165, 1.54) is 11.1 Å². The summed E-state index contributed by atoms with van der Waals surface area (Å²) in [5.41, 5.74) is 4.72. The molecular formula is C16H17NO2. The predicted molar refractivity (Wildman–Crippen MR) is 75.4 cm³/mol. The van der Waals surface area contributed by atoms with Gasteiger partial charge in [-0.05, 0) is 35.6 Å². The Balaban J connectivity index is 2.47. The molecule has 0 atom stereocenters. The number of rotatable bonds is 4. The molecule has 2 rings (SSSR count). The van der Waals surface area contributed by atoms with Crippen molar-refractivity contribution < 1.29 is 9.90 Å². The van der Waals surface area contributed by atoms with Gasteiger partial charge in [0.2, 0.25) is 0 Å². The first-order valence-corrected chi connectivity index (χ1v) is 6.47. The normalized spacial score (nSPS) is 10.4. The standard InChI is InChI=1S/C16H17NO2/c1-3-11-5-6-12(4-2)14(9-11)13-7-8-15(16(18)19)17-10-13/h5-10H,3-4H2,1-2H3,(H,18,19). The molecule has 98 valence electrons. The minimum Gasteiger partial charge on any atom is -0.477 e. The summed E-state index contributed by atoms with van der Waals surface area (Å²) in [6, 6.07) is 9.82. The second-order valence-corrected chi connectivity index (χ2v) is 4.44. The third-order valence-corrected chi connectivity index (χ3v) is 3.26. The Morgan fingerprint density at radius 2 is 1.95 bits per heavy atom. The van der Waals surface area contributed by atoms with E-state index in [2.05, 4.69) is 37.0 Å². The molecule has 1 N–H and O–H groups in total. The van der Waals surface area contributed by atoms with Gasteiger partial charge in [0.25, 0.3) is 0 Å². The summed E-state index contributed by atoms with van der Waals surface area (Å²) in [4.78, 5) is 14.8. The number of hydrogen-bond donors (Lipinski definition) is 1. The first kappa shape index (κ1) is 13.3. The fourth-order valence-electron chi connectivity index (χ4n) is 2.10. The van der Waals surface area contributed by atoms with Gasteiger partial charge in [0.05, 0.1) is 0 Å². The molecule has 0 spiro atoms. The van der Waals surface area contributed by atoms with Crippen LogP contribution in [0.3, 0.4) is 0 Å². The Labute approximate surface area is 112 Å². The van der Waals surface area contributed by atoms with E-state index in [0.717, 1.165) is 24.0 Å². The maximum absolute atomic E-state index is 10.8. The number of carboxylic acids is 1. The highest BCUT2D eigenvalue weighted by Crippen LogP contribution is 2.25. The number of aromatic nitrogens is 1. The average molecular weight is 255 g/mol. The van der Waals surface area contributed by atoms with Crippen LogP contribution in [0.1, 0.15) is 35.5 Å². The largest absolute Gasteiger partial charge is 0.477 e. The molecular weight excluding hydrogens is 238 g/mol. The molecule has 2 aromatic rings. The lowest BCUT2D eigenvalue weighted by Crippen LogP contribution is -1.99. The topological polar surface area (TPSA) is 50.2 Å². The predicted octanol–water partition coefficient (Wildman–Crippen LogP) is 3.57. The van der Waals surface area contributed by atoms with Gasteiger partial charge in [0.15, 0.2) is 0 Å². The number of nitrogens with zero attached hydrogens (tertiary/aromatic N) is 1. The third-order valence-electron chi connectivity index (χ3n) is 3.26. The van der Waals surface area contributed by atoms with Gasteiger partial charge in [-0.2, -0.15) is 0 Å². The van der Waals surface area contributed by atoms with Crippen molar-refractivity contribution in [1.29, 1.82) is 0 Å². The van der Waals surface area contributed by atoms with Crippen LogP contribution in [0.25, 0.3) is 11.1 Å². The molecule has 3 heteroatoms. The smallest absolute Gasteiger partial charge is 0.354 e. The van der Waals surface area contributed by atoms with Crippen molar-refractivity contribution in [2.75, 3.05) is 0 Å². The highest BCUT2D eigenvalue weighted by molar-refractivity contribution is 5.85. The van der Waals surface area contributed by atoms with Gasteiger partial charge in [-0.25, -0.2) is 9.78 Å². The number of carbonyl (C=O) groups is 1. The monoisotopic (exact) mass is 255 g/mol. The molecule has 19 heavy (non-hydrogen) atoms. The highest BCUT2D eigenvalue weighted by Gasteiger charge is 2.08. The van der Waals surface area contributed by atoms with Crippen LogP contribution in [0.5, 0.6) is 0 Å². The quantitative estimate of drug-likeness (QED) is 0.908. The third kappa shape index (κ3) is 2.81. The van der Waals surface area contributed by atoms with Crippen molar-refractivity contribution in [3.8, 4) is 11.1 Å². The molecule has 0 aliphatic rings. The first-order chi connectivity index (χ1) is 9.15. The zero-order valence-corrected chi connectivity index (χ0v) is 11.2. The molecule has 3 nitrogen and oxygen atoms in total. The Hall–Kier alpha value is -2.16. The second-order valence-electron chi connectivity index (χ2n) is 4.44. The molecule has 1 aromatic carbocycles. The van der Waals surface area contributed by atoms with E-state index in [4.69, 9.17) is 5.11 Å². The lowest BCUT2D eigenvalue weighted by Gasteiger charge is -2.10. The molecule has 0 unspecified atom stereocenters. The van der Waals surface area contributed by atoms with Gasteiger partial charge in [0, 0.05) is 11.8 Å². The summed E-state index contributed by atoms with van der Waals surface area (Å²) in [6.07, 6.45) is 3.56. The van der Waals surface area contributed by atoms with Gasteiger partial charge in [-0.15, -0.1) is 0 Å². The molecule has 1 aromatic heterocycles. The minimum atomic E-state index is -0.996. The Morgan fingerprint density at radius 3 is 2.47 bits per heavy atom. The molecule has 0 aliphatic carbocycles. The number of hydrogen-bond acceptors (Lipinski definition) is 2. The van der Waals surface area contributed by atoms with Crippen LogP contribution in [0.4, 0.5) is 0 Å². The minimum absolute atomic E-state index is 0.0773. The van der Waals surface area contributed by atoms with E-state index < -0.39 is 5.97 Å². The van der Waals surface area contributed by atoms with Gasteiger partial charge in [-0.3, -0.25) is 0 Å². The van der Waals surface area contributed by atoms with Crippen LogP contribution in [-0.2, 0) is 12.8 Å². The van der Waals surface area contributed by atoms with Crippen LogP contribution in [0.2, 0.25) is 0 Å². The van der Waals surface area contributed by atoms with E-state index >= 15 is 0 Å². The van der Waals surface area contributed by atoms with E-state index in [1.54, 1.807) is 12.3 Å². The van der Waals surface area contributed by atoms with E-state index in [0.29, 0.717) is 0 Å². The van der Waals surface area contributed by atoms with Crippen LogP contribution in [0, 0.1) is 0 Å². The summed E-state index contributed by atoms with van der Waals surface area (Å²) < 4.78 is 0. The zero-order chi connectivity index (χ0) is 13.8. The van der Waals surface area contributed by atoms with Crippen molar-refractivity contribution in [3.63, 3.8) is 0 Å². The zero-order valence-electron chi connectivity index (χ0n) is 11.2. The molecule has 0 aliphatic heterocycles. The maximum atomic E-state index is 10.8. The number of benzene rings is 1. The Morgan fingerprint density at radius 1 is 1.16 bits per heavy atom. The van der Waals surface area contributed by atoms with Crippen molar-refractivity contribution in [2.24, 2.45) is 0 Å². The van der Waals surface area contributed by atoms with Gasteiger partial charge in [-0.1, -0.05) is 38.1 Å². The summed E-state index contributed by atoms with van der Waals surface area (Å²) >= 11 is 0. The number of aryl methyl sites for hydroxylation is 2. The summed E-state index contributed by atoms with van der Waals surface area (Å²) in [7, 11) is 0. The van der Waals surface area contributed by atoms with E-state index in [1.807, 2.05) is 6.07 Å². The molecule has 0 amide bonds. The first-order valence-electron chi connectivity index (χ1n) is 6.47. The fraction of sp³-hybridized carbons (Fsp3) is 0.250. The van der Waals surface area contributed by atoms with Crippen molar-refractivity contribution in [2.45, 2.75) is 26.7 Å². The molecule has 0 saturated heterocycles. The lowest BCUT2D eigenvalue weighted by atomic mass is 9.96. The second kappa shape index (κ2) is 5.65. The van der Waals surface area contributed by atoms with Crippen molar-refractivity contribution >= 4 is 5.97 Å². The van der Waals surface area contributed by atoms with Gasteiger partial charge < -0.3 is 5.11 Å². The number of carboxylic acid groups (broad SMARTS) is 1. The van der Waals surface area contributed by atoms with Gasteiger partial charge >= 0.3 is 5.97 Å². The Bertz CT molecular complexity index is 588. The number of pyridine rings is 1. The molecule has 0 saturated carbocycles. The molecule has 0 radical (unpaired) electrons. The number of aromatic carboxylic acids is 1. The fourth-order valence-corrected chi connectivity index (χ4v) is 2.10. The maximum Gasteiger partial charge on any atom is 0.354 e. The van der Waals surface area contributed by atoms with E-state index in [-0.39, 0.29) is 5.69 Å². The highest BCUT2D eigenvalue weighted by atomic mass is 16.4. The van der Waals surface area contributed by atoms with Crippen LogP contribution < -0.4 is 0 Å². The summed E-state index contributed by atoms with van der Waals surface area (Å²) in [6.45, 7) is 4.24. The Kier molecular flexibility index (Phi) is 3.95. The molecule has 1 heterocycles.